The van der Waals surface area contributed by atoms with E-state index in [-0.39, 0.29) is 5.41 Å². The first-order valence-corrected chi connectivity index (χ1v) is 11.1. The Kier molecular flexibility index (Phi) is 11.8. The van der Waals surface area contributed by atoms with Gasteiger partial charge in [0.2, 0.25) is 5.91 Å². The zero-order chi connectivity index (χ0) is 28.4. The van der Waals surface area contributed by atoms with Gasteiger partial charge < -0.3 is 20.0 Å². The maximum Gasteiger partial charge on any atom is 0.490 e. The monoisotopic (exact) mass is 544 g/mol. The zero-order valence-electron chi connectivity index (χ0n) is 20.3. The van der Waals surface area contributed by atoms with Crippen LogP contribution in [0.1, 0.15) is 25.0 Å². The first kappa shape index (κ1) is 32.1. The van der Waals surface area contributed by atoms with Gasteiger partial charge in [-0.1, -0.05) is 6.07 Å². The van der Waals surface area contributed by atoms with Crippen molar-refractivity contribution in [3.63, 3.8) is 0 Å². The number of hydrogen-bond acceptors (Lipinski definition) is 6. The van der Waals surface area contributed by atoms with Gasteiger partial charge in [-0.25, -0.2) is 9.59 Å². The van der Waals surface area contributed by atoms with Crippen LogP contribution in [0.15, 0.2) is 24.4 Å². The molecule has 0 aliphatic carbocycles. The molecule has 9 nitrogen and oxygen atoms in total. The molecule has 0 bridgehead atoms. The van der Waals surface area contributed by atoms with Crippen molar-refractivity contribution in [3.05, 3.63) is 30.1 Å². The van der Waals surface area contributed by atoms with E-state index in [9.17, 15) is 31.1 Å². The molecule has 2 aliphatic rings. The molecule has 2 saturated heterocycles. The van der Waals surface area contributed by atoms with Crippen molar-refractivity contribution in [2.75, 3.05) is 46.8 Å². The van der Waals surface area contributed by atoms with Crippen LogP contribution in [0.2, 0.25) is 0 Å². The molecule has 0 aromatic carbocycles. The number of likely N-dealkylation sites (N-methyl/N-ethyl adjacent to an activating group) is 1. The number of likely N-dealkylation sites (tertiary alicyclic amines) is 2. The Balaban J connectivity index is 0.000000404. The summed E-state index contributed by atoms with van der Waals surface area (Å²) in [5.74, 6) is -5.11. The fourth-order valence-corrected chi connectivity index (χ4v) is 3.75. The number of pyridine rings is 1. The maximum atomic E-state index is 12.8. The van der Waals surface area contributed by atoms with E-state index in [1.54, 1.807) is 0 Å². The predicted molar refractivity (Wildman–Crippen MR) is 118 cm³/mol. The Morgan fingerprint density at radius 1 is 0.973 bits per heavy atom. The zero-order valence-corrected chi connectivity index (χ0v) is 20.3. The molecule has 1 amide bonds. The molecule has 3 rings (SSSR count). The molecule has 3 heterocycles. The van der Waals surface area contributed by atoms with Crippen molar-refractivity contribution in [2.45, 2.75) is 38.2 Å². The van der Waals surface area contributed by atoms with E-state index in [1.807, 2.05) is 18.3 Å². The quantitative estimate of drug-likeness (QED) is 0.544. The molecular formula is C22H30F6N4O5. The molecular weight excluding hydrogens is 514 g/mol. The molecule has 210 valence electrons. The summed E-state index contributed by atoms with van der Waals surface area (Å²) >= 11 is 0. The molecule has 0 atom stereocenters. The summed E-state index contributed by atoms with van der Waals surface area (Å²) < 4.78 is 63.5. The normalized spacial score (nSPS) is 17.6. The lowest BCUT2D eigenvalue weighted by molar-refractivity contribution is -0.193. The number of aliphatic carboxylic acids is 2. The van der Waals surface area contributed by atoms with Gasteiger partial charge in [0.25, 0.3) is 0 Å². The number of hydrogen-bond donors (Lipinski definition) is 2. The van der Waals surface area contributed by atoms with Crippen LogP contribution in [0.5, 0.6) is 0 Å². The summed E-state index contributed by atoms with van der Waals surface area (Å²) in [6, 6.07) is 6.07. The molecule has 1 aromatic rings. The molecule has 0 unspecified atom stereocenters. The van der Waals surface area contributed by atoms with Crippen LogP contribution in [-0.2, 0) is 20.9 Å². The van der Waals surface area contributed by atoms with Gasteiger partial charge in [-0.2, -0.15) is 26.3 Å². The minimum atomic E-state index is -5.08. The Morgan fingerprint density at radius 2 is 1.46 bits per heavy atom. The predicted octanol–water partition coefficient (Wildman–Crippen LogP) is 2.72. The number of rotatable bonds is 5. The van der Waals surface area contributed by atoms with E-state index in [4.69, 9.17) is 19.8 Å². The Labute approximate surface area is 209 Å². The summed E-state index contributed by atoms with van der Waals surface area (Å²) in [4.78, 5) is 41.7. The lowest BCUT2D eigenvalue weighted by Gasteiger charge is -2.37. The van der Waals surface area contributed by atoms with E-state index in [2.05, 4.69) is 39.8 Å². The topological polar surface area (TPSA) is 114 Å². The van der Waals surface area contributed by atoms with Crippen molar-refractivity contribution in [1.29, 1.82) is 0 Å². The van der Waals surface area contributed by atoms with Crippen LogP contribution in [0.25, 0.3) is 0 Å². The number of alkyl halides is 6. The Hall–Kier alpha value is -2.94. The van der Waals surface area contributed by atoms with Crippen molar-refractivity contribution in [3.8, 4) is 0 Å². The van der Waals surface area contributed by atoms with Gasteiger partial charge in [0.15, 0.2) is 0 Å². The second kappa shape index (κ2) is 13.6. The number of carbonyl (C=O) groups is 3. The molecule has 0 saturated carbocycles. The molecule has 1 spiro atoms. The van der Waals surface area contributed by atoms with E-state index in [1.165, 1.54) is 0 Å². The molecule has 0 radical (unpaired) electrons. The Morgan fingerprint density at radius 3 is 1.86 bits per heavy atom. The van der Waals surface area contributed by atoms with Gasteiger partial charge in [0.1, 0.15) is 0 Å². The standard InChI is InChI=1S/C18H28N4O.2C2HF3O2/c1-20(2)13-14-22-12-8-18(17(22)23)6-10-21(11-7-18)15-16-5-3-4-9-19-16;2*3-2(4,5)1(6)7/h3-5,9H,6-8,10-15H2,1-2H3;2*(H,6,7). The largest absolute Gasteiger partial charge is 0.490 e. The summed E-state index contributed by atoms with van der Waals surface area (Å²) in [5, 5.41) is 14.2. The number of carboxylic acid groups (broad SMARTS) is 2. The number of piperidine rings is 1. The highest BCUT2D eigenvalue weighted by molar-refractivity contribution is 5.85. The first-order valence-electron chi connectivity index (χ1n) is 11.1. The van der Waals surface area contributed by atoms with Crippen molar-refractivity contribution in [1.82, 2.24) is 19.7 Å². The van der Waals surface area contributed by atoms with E-state index in [0.29, 0.717) is 5.91 Å². The highest BCUT2D eigenvalue weighted by Crippen LogP contribution is 2.41. The summed E-state index contributed by atoms with van der Waals surface area (Å²) in [5.41, 5.74) is 1.04. The third-order valence-electron chi connectivity index (χ3n) is 5.83. The van der Waals surface area contributed by atoms with E-state index >= 15 is 0 Å². The van der Waals surface area contributed by atoms with Gasteiger partial charge in [0, 0.05) is 32.4 Å². The molecule has 1 aromatic heterocycles. The molecule has 2 N–H and O–H groups in total. The van der Waals surface area contributed by atoms with Gasteiger partial charge in [-0.3, -0.25) is 14.7 Å². The fourth-order valence-electron chi connectivity index (χ4n) is 3.75. The average Bonchev–Trinajstić information content (AvgIpc) is 3.09. The van der Waals surface area contributed by atoms with Crippen LogP contribution in [0, 0.1) is 5.41 Å². The summed E-state index contributed by atoms with van der Waals surface area (Å²) in [7, 11) is 4.12. The van der Waals surface area contributed by atoms with Crippen molar-refractivity contribution in [2.24, 2.45) is 5.41 Å². The summed E-state index contributed by atoms with van der Waals surface area (Å²) in [6.45, 7) is 5.66. The number of amides is 1. The third-order valence-corrected chi connectivity index (χ3v) is 5.83. The smallest absolute Gasteiger partial charge is 0.475 e. The minimum Gasteiger partial charge on any atom is -0.475 e. The molecule has 15 heteroatoms. The highest BCUT2D eigenvalue weighted by atomic mass is 19.4. The fraction of sp³-hybridized carbons (Fsp3) is 0.636. The second-order valence-electron chi connectivity index (χ2n) is 8.83. The number of halogens is 6. The van der Waals surface area contributed by atoms with E-state index in [0.717, 1.165) is 64.2 Å². The lowest BCUT2D eigenvalue weighted by Crippen LogP contribution is -2.45. The van der Waals surface area contributed by atoms with Gasteiger partial charge in [-0.15, -0.1) is 0 Å². The maximum absolute atomic E-state index is 12.8. The number of nitrogens with zero attached hydrogens (tertiary/aromatic N) is 4. The number of carboxylic acids is 2. The number of aromatic nitrogens is 1. The molecule has 37 heavy (non-hydrogen) atoms. The lowest BCUT2D eigenvalue weighted by atomic mass is 9.77. The Bertz CT molecular complexity index is 864. The third kappa shape index (κ3) is 10.9. The van der Waals surface area contributed by atoms with Gasteiger partial charge in [-0.05, 0) is 58.6 Å². The van der Waals surface area contributed by atoms with Crippen LogP contribution < -0.4 is 0 Å². The van der Waals surface area contributed by atoms with Crippen molar-refractivity contribution < 1.29 is 50.9 Å². The van der Waals surface area contributed by atoms with Crippen LogP contribution in [0.3, 0.4) is 0 Å². The van der Waals surface area contributed by atoms with Crippen LogP contribution >= 0.6 is 0 Å². The van der Waals surface area contributed by atoms with Crippen molar-refractivity contribution >= 4 is 17.8 Å². The van der Waals surface area contributed by atoms with Crippen LogP contribution in [0.4, 0.5) is 26.3 Å². The molecule has 2 fully saturated rings. The van der Waals surface area contributed by atoms with Gasteiger partial charge >= 0.3 is 24.3 Å². The SMILES string of the molecule is CN(C)CCN1CCC2(CCN(Cc3ccccn3)CC2)C1=O.O=C(O)C(F)(F)F.O=C(O)C(F)(F)F. The first-order chi connectivity index (χ1) is 17.0. The highest BCUT2D eigenvalue weighted by Gasteiger charge is 2.47. The van der Waals surface area contributed by atoms with Crippen LogP contribution in [-0.4, -0.2) is 107 Å². The van der Waals surface area contributed by atoms with E-state index < -0.39 is 24.3 Å². The van der Waals surface area contributed by atoms with Gasteiger partial charge in [0.05, 0.1) is 11.1 Å². The second-order valence-corrected chi connectivity index (χ2v) is 8.83. The molecule has 2 aliphatic heterocycles. The minimum absolute atomic E-state index is 0.0765. The summed E-state index contributed by atoms with van der Waals surface area (Å²) in [6.07, 6.45) is -5.28. The number of carbonyl (C=O) groups excluding carboxylic acids is 1. The average molecular weight is 544 g/mol.